The van der Waals surface area contributed by atoms with E-state index < -0.39 is 33.2 Å². The van der Waals surface area contributed by atoms with Crippen molar-refractivity contribution in [1.29, 1.82) is 0 Å². The normalized spacial score (nSPS) is 17.4. The number of sulfonamides is 1. The molecule has 28 heavy (non-hydrogen) atoms. The molecule has 1 fully saturated rings. The summed E-state index contributed by atoms with van der Waals surface area (Å²) in [6.45, 7) is 3.15. The van der Waals surface area contributed by atoms with E-state index in [1.165, 1.54) is 30.3 Å². The number of primary amides is 1. The largest absolute Gasteiger partial charge is 0.366 e. The first-order valence-electron chi connectivity index (χ1n) is 8.41. The molecule has 0 aromatic heterocycles. The Kier molecular flexibility index (Phi) is 4.72. The van der Waals surface area contributed by atoms with Crippen molar-refractivity contribution in [2.75, 3.05) is 15.4 Å². The van der Waals surface area contributed by atoms with Gasteiger partial charge in [0, 0.05) is 5.56 Å². The Morgan fingerprint density at radius 2 is 1.68 bits per heavy atom. The number of nitrogens with zero attached hydrogens (tertiary/aromatic N) is 1. The summed E-state index contributed by atoms with van der Waals surface area (Å²) in [7, 11) is -3.76. The summed E-state index contributed by atoms with van der Waals surface area (Å²) in [5, 5.41) is 2.60. The molecule has 2 aromatic rings. The number of rotatable bonds is 4. The zero-order valence-electron chi connectivity index (χ0n) is 15.3. The highest BCUT2D eigenvalue weighted by Gasteiger charge is 2.49. The van der Waals surface area contributed by atoms with Crippen LogP contribution in [0.25, 0.3) is 0 Å². The number of hydrogen-bond donors (Lipinski definition) is 2. The molecule has 0 saturated carbocycles. The number of para-hydroxylation sites is 1. The summed E-state index contributed by atoms with van der Waals surface area (Å²) in [5.74, 6) is -1.96. The number of nitrogens with one attached hydrogen (secondary N) is 1. The average molecular weight is 401 g/mol. The van der Waals surface area contributed by atoms with Gasteiger partial charge in [0.2, 0.25) is 15.9 Å². The zero-order chi connectivity index (χ0) is 20.7. The molecule has 1 saturated heterocycles. The van der Waals surface area contributed by atoms with Crippen LogP contribution in [0, 0.1) is 5.41 Å². The predicted octanol–water partition coefficient (Wildman–Crippen LogP) is 1.74. The van der Waals surface area contributed by atoms with Gasteiger partial charge >= 0.3 is 0 Å². The molecule has 0 spiro atoms. The summed E-state index contributed by atoms with van der Waals surface area (Å²) in [5.41, 5.74) is 5.12. The maximum atomic E-state index is 12.5. The molecule has 1 aliphatic rings. The van der Waals surface area contributed by atoms with E-state index in [0.717, 1.165) is 4.31 Å². The van der Waals surface area contributed by atoms with E-state index in [9.17, 15) is 22.8 Å². The highest BCUT2D eigenvalue weighted by atomic mass is 32.2. The van der Waals surface area contributed by atoms with Crippen molar-refractivity contribution in [3.8, 4) is 0 Å². The fourth-order valence-corrected chi connectivity index (χ4v) is 5.12. The molecule has 1 aliphatic heterocycles. The number of amides is 3. The second kappa shape index (κ2) is 6.75. The van der Waals surface area contributed by atoms with E-state index in [2.05, 4.69) is 5.32 Å². The maximum Gasteiger partial charge on any atom is 0.255 e. The Balaban J connectivity index is 1.85. The monoisotopic (exact) mass is 401 g/mol. The standard InChI is InChI=1S/C19H19N3O5S/c1-19(2)11-28(26,27)22(18(19)25)13-9-7-12(8-10-13)17(24)21-15-6-4-3-5-14(15)16(20)23/h3-10H,11H2,1-2H3,(H2,20,23)(H,21,24). The van der Waals surface area contributed by atoms with Gasteiger partial charge < -0.3 is 11.1 Å². The van der Waals surface area contributed by atoms with Crippen molar-refractivity contribution >= 4 is 39.1 Å². The van der Waals surface area contributed by atoms with E-state index in [1.807, 2.05) is 0 Å². The summed E-state index contributed by atoms with van der Waals surface area (Å²) in [6.07, 6.45) is 0. The smallest absolute Gasteiger partial charge is 0.255 e. The number of nitrogens with two attached hydrogens (primary N) is 1. The van der Waals surface area contributed by atoms with Crippen molar-refractivity contribution in [2.45, 2.75) is 13.8 Å². The third-order valence-corrected chi connectivity index (χ3v) is 6.41. The van der Waals surface area contributed by atoms with E-state index in [0.29, 0.717) is 0 Å². The van der Waals surface area contributed by atoms with Crippen LogP contribution in [0.2, 0.25) is 0 Å². The number of anilines is 2. The maximum absolute atomic E-state index is 12.5. The van der Waals surface area contributed by atoms with Gasteiger partial charge in [-0.15, -0.1) is 0 Å². The fraction of sp³-hybridized carbons (Fsp3) is 0.211. The quantitative estimate of drug-likeness (QED) is 0.807. The first-order valence-corrected chi connectivity index (χ1v) is 10.0. The summed E-state index contributed by atoms with van der Waals surface area (Å²) < 4.78 is 25.4. The molecule has 0 aliphatic carbocycles. The molecular weight excluding hydrogens is 382 g/mol. The topological polar surface area (TPSA) is 127 Å². The van der Waals surface area contributed by atoms with Crippen LogP contribution in [-0.4, -0.2) is 31.9 Å². The van der Waals surface area contributed by atoms with E-state index in [4.69, 9.17) is 5.73 Å². The number of carbonyl (C=O) groups is 3. The van der Waals surface area contributed by atoms with Gasteiger partial charge in [-0.1, -0.05) is 12.1 Å². The van der Waals surface area contributed by atoms with Gasteiger partial charge in [0.15, 0.2) is 0 Å². The minimum Gasteiger partial charge on any atom is -0.366 e. The van der Waals surface area contributed by atoms with Crippen LogP contribution < -0.4 is 15.4 Å². The first-order chi connectivity index (χ1) is 13.0. The predicted molar refractivity (Wildman–Crippen MR) is 104 cm³/mol. The number of carbonyl (C=O) groups excluding carboxylic acids is 3. The molecule has 146 valence electrons. The minimum absolute atomic E-state index is 0.170. The van der Waals surface area contributed by atoms with Gasteiger partial charge in [-0.3, -0.25) is 14.4 Å². The molecule has 0 radical (unpaired) electrons. The van der Waals surface area contributed by atoms with Crippen molar-refractivity contribution in [3.63, 3.8) is 0 Å². The molecule has 0 atom stereocenters. The van der Waals surface area contributed by atoms with E-state index in [-0.39, 0.29) is 28.3 Å². The molecule has 3 rings (SSSR count). The van der Waals surface area contributed by atoms with Gasteiger partial charge in [0.05, 0.1) is 28.1 Å². The van der Waals surface area contributed by atoms with Crippen LogP contribution >= 0.6 is 0 Å². The first kappa shape index (κ1) is 19.6. The van der Waals surface area contributed by atoms with Crippen molar-refractivity contribution in [2.24, 2.45) is 11.1 Å². The van der Waals surface area contributed by atoms with Crippen molar-refractivity contribution in [1.82, 2.24) is 0 Å². The highest BCUT2D eigenvalue weighted by molar-refractivity contribution is 7.94. The van der Waals surface area contributed by atoms with E-state index >= 15 is 0 Å². The molecule has 1 heterocycles. The summed E-state index contributed by atoms with van der Waals surface area (Å²) >= 11 is 0. The lowest BCUT2D eigenvalue weighted by atomic mass is 9.95. The number of hydrogen-bond acceptors (Lipinski definition) is 5. The second-order valence-corrected chi connectivity index (χ2v) is 8.94. The lowest BCUT2D eigenvalue weighted by Crippen LogP contribution is -2.32. The molecule has 3 N–H and O–H groups in total. The van der Waals surface area contributed by atoms with Crippen LogP contribution in [0.1, 0.15) is 34.6 Å². The van der Waals surface area contributed by atoms with Crippen LogP contribution in [0.5, 0.6) is 0 Å². The van der Waals surface area contributed by atoms with Crippen LogP contribution in [0.15, 0.2) is 48.5 Å². The molecule has 0 bridgehead atoms. The Morgan fingerprint density at radius 1 is 1.07 bits per heavy atom. The fourth-order valence-electron chi connectivity index (χ4n) is 3.01. The van der Waals surface area contributed by atoms with Crippen molar-refractivity contribution < 1.29 is 22.8 Å². The van der Waals surface area contributed by atoms with Gasteiger partial charge in [0.1, 0.15) is 0 Å². The molecule has 3 amide bonds. The lowest BCUT2D eigenvalue weighted by Gasteiger charge is -2.17. The molecule has 2 aromatic carbocycles. The van der Waals surface area contributed by atoms with Crippen LogP contribution in [0.3, 0.4) is 0 Å². The lowest BCUT2D eigenvalue weighted by molar-refractivity contribution is -0.123. The van der Waals surface area contributed by atoms with Crippen molar-refractivity contribution in [3.05, 3.63) is 59.7 Å². The third-order valence-electron chi connectivity index (χ3n) is 4.39. The van der Waals surface area contributed by atoms with Gasteiger partial charge in [-0.2, -0.15) is 0 Å². The summed E-state index contributed by atoms with van der Waals surface area (Å²) in [4.78, 5) is 36.3. The second-order valence-electron chi connectivity index (χ2n) is 7.12. The van der Waals surface area contributed by atoms with Gasteiger partial charge in [-0.05, 0) is 50.2 Å². The zero-order valence-corrected chi connectivity index (χ0v) is 16.1. The van der Waals surface area contributed by atoms with Crippen LogP contribution in [0.4, 0.5) is 11.4 Å². The van der Waals surface area contributed by atoms with Gasteiger partial charge in [0.25, 0.3) is 11.8 Å². The Morgan fingerprint density at radius 3 is 2.21 bits per heavy atom. The molecule has 9 heteroatoms. The highest BCUT2D eigenvalue weighted by Crippen LogP contribution is 2.35. The Hall–Kier alpha value is -3.20. The molecular formula is C19H19N3O5S. The average Bonchev–Trinajstić information content (AvgIpc) is 2.78. The van der Waals surface area contributed by atoms with Crippen LogP contribution in [-0.2, 0) is 14.8 Å². The molecule has 8 nitrogen and oxygen atoms in total. The van der Waals surface area contributed by atoms with E-state index in [1.54, 1.807) is 32.0 Å². The SMILES string of the molecule is CC1(C)CS(=O)(=O)N(c2ccc(C(=O)Nc3ccccc3C(N)=O)cc2)C1=O. The Labute approximate surface area is 162 Å². The minimum atomic E-state index is -3.76. The number of benzene rings is 2. The third kappa shape index (κ3) is 3.48. The Bertz CT molecular complexity index is 1080. The summed E-state index contributed by atoms with van der Waals surface area (Å²) in [6, 6.07) is 11.9. The molecule has 0 unspecified atom stereocenters. The van der Waals surface area contributed by atoms with Gasteiger partial charge in [-0.25, -0.2) is 12.7 Å².